The summed E-state index contributed by atoms with van der Waals surface area (Å²) in [6, 6.07) is 3.43. The number of alkyl halides is 3. The van der Waals surface area contributed by atoms with Crippen molar-refractivity contribution in [2.45, 2.75) is 18.0 Å². The van der Waals surface area contributed by atoms with E-state index in [2.05, 4.69) is 0 Å². The van der Waals surface area contributed by atoms with Gasteiger partial charge in [-0.15, -0.1) is 0 Å². The van der Waals surface area contributed by atoms with E-state index in [0.717, 1.165) is 13.1 Å². The second-order valence-corrected chi connectivity index (χ2v) is 6.12. The topological polar surface area (TPSA) is 74.7 Å². The molecule has 0 saturated carbocycles. The molecule has 0 saturated heterocycles. The number of hydrogen-bond acceptors (Lipinski definition) is 3. The van der Waals surface area contributed by atoms with E-state index in [1.807, 2.05) is 0 Å². The molecule has 0 atom stereocenters. The van der Waals surface area contributed by atoms with E-state index in [1.54, 1.807) is 0 Å². The Morgan fingerprint density at radius 1 is 1.35 bits per heavy atom. The molecule has 0 aliphatic carbocycles. The van der Waals surface area contributed by atoms with Crippen LogP contribution in [-0.2, 0) is 10.0 Å². The Labute approximate surface area is 113 Å². The maximum absolute atomic E-state index is 12.3. The molecule has 0 amide bonds. The van der Waals surface area contributed by atoms with Crippen molar-refractivity contribution >= 4 is 16.0 Å². The number of hydrogen-bond donors (Lipinski definition) is 1. The number of carboxylic acid groups (broad SMARTS) is 1. The van der Waals surface area contributed by atoms with Gasteiger partial charge in [0.1, 0.15) is 6.54 Å². The number of carbonyl (C=O) groups is 1. The third-order valence-electron chi connectivity index (χ3n) is 2.60. The Balaban J connectivity index is 3.30. The van der Waals surface area contributed by atoms with Gasteiger partial charge < -0.3 is 5.11 Å². The normalized spacial score (nSPS) is 12.7. The second-order valence-electron chi connectivity index (χ2n) is 4.11. The highest BCUT2D eigenvalue weighted by atomic mass is 32.2. The van der Waals surface area contributed by atoms with Gasteiger partial charge in [-0.05, 0) is 24.6 Å². The molecule has 1 rings (SSSR count). The van der Waals surface area contributed by atoms with Crippen molar-refractivity contribution in [3.63, 3.8) is 0 Å². The van der Waals surface area contributed by atoms with Gasteiger partial charge in [-0.1, -0.05) is 6.07 Å². The number of benzene rings is 1. The molecule has 0 radical (unpaired) electrons. The molecule has 0 heterocycles. The van der Waals surface area contributed by atoms with Gasteiger partial charge in [-0.25, -0.2) is 13.2 Å². The first-order valence-corrected chi connectivity index (χ1v) is 6.77. The van der Waals surface area contributed by atoms with Crippen molar-refractivity contribution in [3.8, 4) is 0 Å². The van der Waals surface area contributed by atoms with Crippen LogP contribution in [0, 0.1) is 6.92 Å². The molecule has 5 nitrogen and oxygen atoms in total. The monoisotopic (exact) mass is 311 g/mol. The SMILES string of the molecule is Cc1c(C(=O)O)cccc1S(=O)(=O)N(C)CC(F)(F)F. The first-order valence-electron chi connectivity index (χ1n) is 5.33. The van der Waals surface area contributed by atoms with E-state index in [4.69, 9.17) is 5.11 Å². The van der Waals surface area contributed by atoms with E-state index in [9.17, 15) is 26.4 Å². The number of sulfonamides is 1. The molecule has 112 valence electrons. The highest BCUT2D eigenvalue weighted by molar-refractivity contribution is 7.89. The van der Waals surface area contributed by atoms with Crippen LogP contribution in [0.1, 0.15) is 15.9 Å². The molecule has 0 aromatic heterocycles. The number of carboxylic acids is 1. The Bertz CT molecular complexity index is 625. The molecule has 1 aromatic carbocycles. The van der Waals surface area contributed by atoms with Crippen LogP contribution < -0.4 is 0 Å². The fourth-order valence-corrected chi connectivity index (χ4v) is 3.03. The second kappa shape index (κ2) is 5.41. The van der Waals surface area contributed by atoms with Gasteiger partial charge in [0.05, 0.1) is 10.5 Å². The lowest BCUT2D eigenvalue weighted by Gasteiger charge is -2.20. The maximum Gasteiger partial charge on any atom is 0.402 e. The largest absolute Gasteiger partial charge is 0.478 e. The number of nitrogens with zero attached hydrogens (tertiary/aromatic N) is 1. The molecule has 0 spiro atoms. The van der Waals surface area contributed by atoms with Crippen LogP contribution in [0.4, 0.5) is 13.2 Å². The van der Waals surface area contributed by atoms with Crippen molar-refractivity contribution in [2.24, 2.45) is 0 Å². The molecule has 1 N–H and O–H groups in total. The molecule has 20 heavy (non-hydrogen) atoms. The molecule has 0 unspecified atom stereocenters. The first kappa shape index (κ1) is 16.4. The number of halogens is 3. The third kappa shape index (κ3) is 3.48. The summed E-state index contributed by atoms with van der Waals surface area (Å²) in [6.45, 7) is -0.413. The zero-order valence-electron chi connectivity index (χ0n) is 10.6. The van der Waals surface area contributed by atoms with Crippen LogP contribution in [0.3, 0.4) is 0 Å². The summed E-state index contributed by atoms with van der Waals surface area (Å²) in [4.78, 5) is 10.5. The van der Waals surface area contributed by atoms with Crippen molar-refractivity contribution in [2.75, 3.05) is 13.6 Å². The van der Waals surface area contributed by atoms with Gasteiger partial charge in [0, 0.05) is 7.05 Å². The Kier molecular flexibility index (Phi) is 4.45. The minimum absolute atomic E-state index is 0.103. The van der Waals surface area contributed by atoms with Crippen molar-refractivity contribution in [1.29, 1.82) is 0 Å². The van der Waals surface area contributed by atoms with E-state index >= 15 is 0 Å². The number of aromatic carboxylic acids is 1. The van der Waals surface area contributed by atoms with Crippen molar-refractivity contribution in [3.05, 3.63) is 29.3 Å². The van der Waals surface area contributed by atoms with Crippen LogP contribution in [0.15, 0.2) is 23.1 Å². The van der Waals surface area contributed by atoms with Gasteiger partial charge in [-0.2, -0.15) is 17.5 Å². The lowest BCUT2D eigenvalue weighted by Crippen LogP contribution is -2.36. The first-order chi connectivity index (χ1) is 8.97. The average Bonchev–Trinajstić information content (AvgIpc) is 2.26. The predicted octanol–water partition coefficient (Wildman–Crippen LogP) is 1.88. The maximum atomic E-state index is 12.3. The minimum atomic E-state index is -4.68. The number of rotatable bonds is 4. The summed E-state index contributed by atoms with van der Waals surface area (Å²) in [7, 11) is -3.62. The highest BCUT2D eigenvalue weighted by Gasteiger charge is 2.35. The molecule has 9 heteroatoms. The molecular formula is C11H12F3NO4S. The summed E-state index contributed by atoms with van der Waals surface area (Å²) in [5.41, 5.74) is -0.375. The molecule has 0 aliphatic rings. The van der Waals surface area contributed by atoms with Crippen LogP contribution in [0.25, 0.3) is 0 Å². The van der Waals surface area contributed by atoms with Crippen LogP contribution in [0.5, 0.6) is 0 Å². The highest BCUT2D eigenvalue weighted by Crippen LogP contribution is 2.25. The third-order valence-corrected chi connectivity index (χ3v) is 4.55. The van der Waals surface area contributed by atoms with Gasteiger partial charge in [-0.3, -0.25) is 0 Å². The quantitative estimate of drug-likeness (QED) is 0.921. The lowest BCUT2D eigenvalue weighted by molar-refractivity contribution is -0.134. The Hall–Kier alpha value is -1.61. The Morgan fingerprint density at radius 3 is 2.35 bits per heavy atom. The molecule has 0 fully saturated rings. The van der Waals surface area contributed by atoms with E-state index in [1.165, 1.54) is 19.1 Å². The van der Waals surface area contributed by atoms with Crippen molar-refractivity contribution in [1.82, 2.24) is 4.31 Å². The van der Waals surface area contributed by atoms with Gasteiger partial charge in [0.25, 0.3) is 0 Å². The molecule has 1 aromatic rings. The van der Waals surface area contributed by atoms with Gasteiger partial charge >= 0.3 is 12.1 Å². The minimum Gasteiger partial charge on any atom is -0.478 e. The van der Waals surface area contributed by atoms with Gasteiger partial charge in [0.2, 0.25) is 10.0 Å². The zero-order chi connectivity index (χ0) is 15.7. The summed E-state index contributed by atoms with van der Waals surface area (Å²) in [5, 5.41) is 8.89. The van der Waals surface area contributed by atoms with Crippen LogP contribution >= 0.6 is 0 Å². The molecule has 0 bridgehead atoms. The standard InChI is InChI=1S/C11H12F3NO4S/c1-7-8(10(16)17)4-3-5-9(7)20(18,19)15(2)6-11(12,13)14/h3-5H,6H2,1-2H3,(H,16,17). The average molecular weight is 311 g/mol. The van der Waals surface area contributed by atoms with Crippen LogP contribution in [-0.4, -0.2) is 43.6 Å². The Morgan fingerprint density at radius 2 is 1.90 bits per heavy atom. The molecular weight excluding hydrogens is 299 g/mol. The summed E-state index contributed by atoms with van der Waals surface area (Å²) < 4.78 is 61.0. The lowest BCUT2D eigenvalue weighted by atomic mass is 10.1. The summed E-state index contributed by atoms with van der Waals surface area (Å²) >= 11 is 0. The van der Waals surface area contributed by atoms with E-state index < -0.39 is 33.6 Å². The molecule has 0 aliphatic heterocycles. The fraction of sp³-hybridized carbons (Fsp3) is 0.364. The van der Waals surface area contributed by atoms with Crippen LogP contribution in [0.2, 0.25) is 0 Å². The fourth-order valence-electron chi connectivity index (χ4n) is 1.63. The van der Waals surface area contributed by atoms with E-state index in [-0.39, 0.29) is 15.4 Å². The summed E-state index contributed by atoms with van der Waals surface area (Å²) in [6.07, 6.45) is -4.68. The summed E-state index contributed by atoms with van der Waals surface area (Å²) in [5.74, 6) is -1.35. The zero-order valence-corrected chi connectivity index (χ0v) is 11.4. The smallest absolute Gasteiger partial charge is 0.402 e. The van der Waals surface area contributed by atoms with Crippen molar-refractivity contribution < 1.29 is 31.5 Å². The van der Waals surface area contributed by atoms with E-state index in [0.29, 0.717) is 0 Å². The van der Waals surface area contributed by atoms with Gasteiger partial charge in [0.15, 0.2) is 0 Å². The predicted molar refractivity (Wildman–Crippen MR) is 64.0 cm³/mol.